The van der Waals surface area contributed by atoms with E-state index in [9.17, 15) is 17.2 Å². The molecule has 1 rings (SSSR count). The van der Waals surface area contributed by atoms with Crippen LogP contribution < -0.4 is 10.5 Å². The molecule has 0 saturated heterocycles. The summed E-state index contributed by atoms with van der Waals surface area (Å²) in [6, 6.07) is 1.52. The van der Waals surface area contributed by atoms with E-state index in [0.29, 0.717) is 0 Å². The number of rotatable bonds is 4. The first-order valence-electron chi connectivity index (χ1n) is 5.11. The molecule has 0 fully saturated rings. The van der Waals surface area contributed by atoms with E-state index in [1.165, 1.54) is 0 Å². The molecule has 0 unspecified atom stereocenters. The van der Waals surface area contributed by atoms with Gasteiger partial charge in [-0.3, -0.25) is 0 Å². The van der Waals surface area contributed by atoms with Gasteiger partial charge in [0, 0.05) is 12.2 Å². The van der Waals surface area contributed by atoms with Gasteiger partial charge in [-0.2, -0.15) is 0 Å². The maximum absolute atomic E-state index is 13.4. The number of nitrogens with two attached hydrogens (primary N) is 1. The second-order valence-corrected chi connectivity index (χ2v) is 5.65. The molecular formula is C11H14F2N2O2S. The molecule has 0 aliphatic rings. The van der Waals surface area contributed by atoms with Crippen molar-refractivity contribution < 1.29 is 17.2 Å². The third-order valence-corrected chi connectivity index (χ3v) is 3.55. The summed E-state index contributed by atoms with van der Waals surface area (Å²) >= 11 is 0. The van der Waals surface area contributed by atoms with E-state index in [2.05, 4.69) is 4.72 Å². The lowest BCUT2D eigenvalue weighted by Crippen LogP contribution is -2.26. The minimum absolute atomic E-state index is 0.0338. The molecule has 0 saturated carbocycles. The highest BCUT2D eigenvalue weighted by molar-refractivity contribution is 7.89. The Labute approximate surface area is 105 Å². The number of halogens is 2. The van der Waals surface area contributed by atoms with E-state index < -0.39 is 26.6 Å². The van der Waals surface area contributed by atoms with Gasteiger partial charge >= 0.3 is 0 Å². The zero-order valence-corrected chi connectivity index (χ0v) is 10.8. The highest BCUT2D eigenvalue weighted by atomic mass is 32.2. The Hall–Kier alpha value is -1.47. The van der Waals surface area contributed by atoms with Gasteiger partial charge in [-0.05, 0) is 26.0 Å². The van der Waals surface area contributed by atoms with Crippen molar-refractivity contribution in [3.05, 3.63) is 35.4 Å². The second-order valence-electron chi connectivity index (χ2n) is 3.95. The third-order valence-electron chi connectivity index (χ3n) is 2.07. The minimum Gasteiger partial charge on any atom is -0.399 e. The number of sulfonamides is 1. The van der Waals surface area contributed by atoms with Crippen LogP contribution in [0.4, 0.5) is 14.5 Å². The molecule has 0 amide bonds. The van der Waals surface area contributed by atoms with Crippen LogP contribution in [0.15, 0.2) is 28.7 Å². The molecule has 0 radical (unpaired) electrons. The Morgan fingerprint density at radius 2 is 1.83 bits per heavy atom. The summed E-state index contributed by atoms with van der Waals surface area (Å²) in [6.07, 6.45) is 1.59. The number of benzene rings is 1. The Bertz CT molecular complexity index is 556. The molecule has 4 nitrogen and oxygen atoms in total. The SMILES string of the molecule is CC(C)=CCNS(=O)(=O)c1c(F)cc(N)cc1F. The minimum atomic E-state index is -4.23. The average molecular weight is 276 g/mol. The van der Waals surface area contributed by atoms with Crippen molar-refractivity contribution >= 4 is 15.7 Å². The van der Waals surface area contributed by atoms with Crippen LogP contribution in [0.3, 0.4) is 0 Å². The highest BCUT2D eigenvalue weighted by Gasteiger charge is 2.23. The van der Waals surface area contributed by atoms with Crippen LogP contribution in [0, 0.1) is 11.6 Å². The number of anilines is 1. The summed E-state index contributed by atoms with van der Waals surface area (Å²) in [5.74, 6) is -2.42. The normalized spacial score (nSPS) is 11.3. The predicted molar refractivity (Wildman–Crippen MR) is 65.4 cm³/mol. The lowest BCUT2D eigenvalue weighted by atomic mass is 10.3. The molecule has 0 aromatic heterocycles. The lowest BCUT2D eigenvalue weighted by Gasteiger charge is -2.08. The van der Waals surface area contributed by atoms with Crippen LogP contribution in [0.1, 0.15) is 13.8 Å². The summed E-state index contributed by atoms with van der Waals surface area (Å²) in [5, 5.41) is 0. The van der Waals surface area contributed by atoms with E-state index in [-0.39, 0.29) is 12.2 Å². The maximum Gasteiger partial charge on any atom is 0.246 e. The molecule has 0 bridgehead atoms. The van der Waals surface area contributed by atoms with Crippen LogP contribution in [0.25, 0.3) is 0 Å². The second kappa shape index (κ2) is 5.45. The first kappa shape index (κ1) is 14.6. The van der Waals surface area contributed by atoms with Crippen molar-refractivity contribution in [1.29, 1.82) is 0 Å². The molecule has 1 aromatic rings. The molecule has 7 heteroatoms. The molecule has 0 aliphatic heterocycles. The Balaban J connectivity index is 3.10. The predicted octanol–water partition coefficient (Wildman–Crippen LogP) is 1.79. The van der Waals surface area contributed by atoms with Crippen LogP contribution in [0.2, 0.25) is 0 Å². The molecular weight excluding hydrogens is 262 g/mol. The van der Waals surface area contributed by atoms with Crippen molar-refractivity contribution in [3.63, 3.8) is 0 Å². The van der Waals surface area contributed by atoms with Crippen LogP contribution in [-0.4, -0.2) is 15.0 Å². The smallest absolute Gasteiger partial charge is 0.246 e. The van der Waals surface area contributed by atoms with Gasteiger partial charge in [0.1, 0.15) is 11.6 Å². The third kappa shape index (κ3) is 3.51. The van der Waals surface area contributed by atoms with Crippen molar-refractivity contribution in [1.82, 2.24) is 4.72 Å². The molecule has 100 valence electrons. The van der Waals surface area contributed by atoms with Crippen molar-refractivity contribution in [2.24, 2.45) is 0 Å². The Morgan fingerprint density at radius 3 is 2.28 bits per heavy atom. The van der Waals surface area contributed by atoms with E-state index in [1.54, 1.807) is 19.9 Å². The van der Waals surface area contributed by atoms with Crippen molar-refractivity contribution in [3.8, 4) is 0 Å². The van der Waals surface area contributed by atoms with Gasteiger partial charge in [-0.25, -0.2) is 21.9 Å². The monoisotopic (exact) mass is 276 g/mol. The van der Waals surface area contributed by atoms with Gasteiger partial charge in [0.2, 0.25) is 10.0 Å². The zero-order chi connectivity index (χ0) is 13.9. The number of nitrogen functional groups attached to an aromatic ring is 1. The molecule has 0 spiro atoms. The summed E-state index contributed by atoms with van der Waals surface area (Å²) in [6.45, 7) is 3.52. The fourth-order valence-electron chi connectivity index (χ4n) is 1.26. The van der Waals surface area contributed by atoms with Crippen LogP contribution in [-0.2, 0) is 10.0 Å². The Kier molecular flexibility index (Phi) is 4.42. The van der Waals surface area contributed by atoms with Crippen molar-refractivity contribution in [2.75, 3.05) is 12.3 Å². The maximum atomic E-state index is 13.4. The molecule has 3 N–H and O–H groups in total. The van der Waals surface area contributed by atoms with Gasteiger partial charge in [-0.1, -0.05) is 11.6 Å². The van der Waals surface area contributed by atoms with Crippen LogP contribution in [0.5, 0.6) is 0 Å². The quantitative estimate of drug-likeness (QED) is 0.650. The van der Waals surface area contributed by atoms with E-state index >= 15 is 0 Å². The standard InChI is InChI=1S/C11H14F2N2O2S/c1-7(2)3-4-15-18(16,17)11-9(12)5-8(14)6-10(11)13/h3,5-6,15H,4,14H2,1-2H3. The summed E-state index contributed by atoms with van der Waals surface area (Å²) in [5.41, 5.74) is 5.92. The van der Waals surface area contributed by atoms with Gasteiger partial charge in [0.25, 0.3) is 0 Å². The fourth-order valence-corrected chi connectivity index (χ4v) is 2.34. The molecule has 0 aliphatic carbocycles. The van der Waals surface area contributed by atoms with Gasteiger partial charge in [0.15, 0.2) is 4.90 Å². The van der Waals surface area contributed by atoms with Gasteiger partial charge in [-0.15, -0.1) is 0 Å². The summed E-state index contributed by atoms with van der Waals surface area (Å²) < 4.78 is 52.4. The Morgan fingerprint density at radius 1 is 1.33 bits per heavy atom. The van der Waals surface area contributed by atoms with Crippen molar-refractivity contribution in [2.45, 2.75) is 18.7 Å². The molecule has 0 atom stereocenters. The van der Waals surface area contributed by atoms with Gasteiger partial charge in [0.05, 0.1) is 0 Å². The summed E-state index contributed by atoms with van der Waals surface area (Å²) in [7, 11) is -4.23. The number of hydrogen-bond acceptors (Lipinski definition) is 3. The van der Waals surface area contributed by atoms with Gasteiger partial charge < -0.3 is 5.73 Å². The number of nitrogens with one attached hydrogen (secondary N) is 1. The molecule has 0 heterocycles. The molecule has 18 heavy (non-hydrogen) atoms. The van der Waals surface area contributed by atoms with E-state index in [1.807, 2.05) is 0 Å². The van der Waals surface area contributed by atoms with Crippen LogP contribution >= 0.6 is 0 Å². The first-order valence-corrected chi connectivity index (χ1v) is 6.60. The van der Waals surface area contributed by atoms with E-state index in [4.69, 9.17) is 5.73 Å². The average Bonchev–Trinajstić information content (AvgIpc) is 2.13. The fraction of sp³-hybridized carbons (Fsp3) is 0.273. The summed E-state index contributed by atoms with van der Waals surface area (Å²) in [4.78, 5) is -1.01. The number of hydrogen-bond donors (Lipinski definition) is 2. The lowest BCUT2D eigenvalue weighted by molar-refractivity contribution is 0.516. The largest absolute Gasteiger partial charge is 0.399 e. The first-order chi connectivity index (χ1) is 8.24. The topological polar surface area (TPSA) is 72.2 Å². The van der Waals surface area contributed by atoms with E-state index in [0.717, 1.165) is 17.7 Å². The molecule has 1 aromatic carbocycles. The number of allylic oxidation sites excluding steroid dienone is 1. The highest BCUT2D eigenvalue weighted by Crippen LogP contribution is 2.21. The zero-order valence-electron chi connectivity index (χ0n) is 10.00.